The molecule has 1 fully saturated rings. The second-order valence-corrected chi connectivity index (χ2v) is 7.53. The lowest BCUT2D eigenvalue weighted by atomic mass is 9.96. The summed E-state index contributed by atoms with van der Waals surface area (Å²) in [5, 5.41) is 0. The molecule has 1 atom stereocenters. The Kier molecular flexibility index (Phi) is 7.70. The first-order valence-electron chi connectivity index (χ1n) is 8.88. The lowest BCUT2D eigenvalue weighted by Gasteiger charge is -2.34. The average molecular weight is 340 g/mol. The third kappa shape index (κ3) is 6.89. The molecule has 0 aromatic carbocycles. The number of piperidine rings is 1. The number of likely N-dealkylation sites (tertiary alicyclic amines) is 1. The van der Waals surface area contributed by atoms with Crippen molar-refractivity contribution in [2.75, 3.05) is 26.7 Å². The van der Waals surface area contributed by atoms with Gasteiger partial charge in [-0.15, -0.1) is 0 Å². The molecule has 2 amide bonds. The van der Waals surface area contributed by atoms with Crippen molar-refractivity contribution in [1.82, 2.24) is 9.80 Å². The summed E-state index contributed by atoms with van der Waals surface area (Å²) in [5.41, 5.74) is -0.511. The minimum absolute atomic E-state index is 0.00700. The zero-order valence-electron chi connectivity index (χ0n) is 15.8. The highest BCUT2D eigenvalue weighted by molar-refractivity contribution is 5.81. The van der Waals surface area contributed by atoms with Crippen LogP contribution in [0.4, 0.5) is 0 Å². The molecule has 0 aromatic heterocycles. The van der Waals surface area contributed by atoms with Gasteiger partial charge in [0, 0.05) is 33.1 Å². The highest BCUT2D eigenvalue weighted by atomic mass is 16.6. The molecule has 6 heteroatoms. The molecule has 0 saturated carbocycles. The van der Waals surface area contributed by atoms with Gasteiger partial charge in [0.2, 0.25) is 11.8 Å². The summed E-state index contributed by atoms with van der Waals surface area (Å²) in [7, 11) is 1.71. The maximum atomic E-state index is 12.6. The summed E-state index contributed by atoms with van der Waals surface area (Å²) in [6.45, 7) is 9.03. The minimum atomic E-state index is -0.511. The SMILES string of the molecule is CCCC(=O)N1CCCC(C(=O)N(C)CCC(=O)OC(C)(C)C)C1. The van der Waals surface area contributed by atoms with E-state index >= 15 is 0 Å². The number of carbonyl (C=O) groups is 3. The summed E-state index contributed by atoms with van der Waals surface area (Å²) in [5.74, 6) is -0.326. The molecule has 1 rings (SSSR count). The lowest BCUT2D eigenvalue weighted by molar-refractivity contribution is -0.155. The van der Waals surface area contributed by atoms with Gasteiger partial charge in [0.05, 0.1) is 12.3 Å². The van der Waals surface area contributed by atoms with Crippen molar-refractivity contribution in [1.29, 1.82) is 0 Å². The molecule has 0 radical (unpaired) electrons. The minimum Gasteiger partial charge on any atom is -0.460 e. The molecule has 1 unspecified atom stereocenters. The summed E-state index contributed by atoms with van der Waals surface area (Å²) >= 11 is 0. The first-order valence-corrected chi connectivity index (χ1v) is 8.88. The maximum absolute atomic E-state index is 12.6. The van der Waals surface area contributed by atoms with Crippen LogP contribution in [0.5, 0.6) is 0 Å². The normalized spacial score (nSPS) is 18.2. The van der Waals surface area contributed by atoms with E-state index in [1.807, 2.05) is 27.7 Å². The van der Waals surface area contributed by atoms with Crippen molar-refractivity contribution < 1.29 is 19.1 Å². The van der Waals surface area contributed by atoms with Gasteiger partial charge in [0.1, 0.15) is 5.60 Å². The Morgan fingerprint density at radius 2 is 1.88 bits per heavy atom. The quantitative estimate of drug-likeness (QED) is 0.695. The first kappa shape index (κ1) is 20.5. The molecule has 1 saturated heterocycles. The Balaban J connectivity index is 2.47. The van der Waals surface area contributed by atoms with Crippen molar-refractivity contribution in [3.05, 3.63) is 0 Å². The predicted octanol–water partition coefficient (Wildman–Crippen LogP) is 2.22. The molecular weight excluding hydrogens is 308 g/mol. The summed E-state index contributed by atoms with van der Waals surface area (Å²) in [4.78, 5) is 39.7. The van der Waals surface area contributed by atoms with Crippen LogP contribution in [0.3, 0.4) is 0 Å². The van der Waals surface area contributed by atoms with Gasteiger partial charge in [-0.05, 0) is 40.0 Å². The number of hydrogen-bond donors (Lipinski definition) is 0. The van der Waals surface area contributed by atoms with E-state index in [9.17, 15) is 14.4 Å². The standard InChI is InChI=1S/C18H32N2O4/c1-6-8-15(21)20-11-7-9-14(13-20)17(23)19(5)12-10-16(22)24-18(2,3)4/h14H,6-13H2,1-5H3. The van der Waals surface area contributed by atoms with Gasteiger partial charge < -0.3 is 14.5 Å². The van der Waals surface area contributed by atoms with Gasteiger partial charge >= 0.3 is 5.97 Å². The summed E-state index contributed by atoms with van der Waals surface area (Å²) in [6.07, 6.45) is 3.20. The van der Waals surface area contributed by atoms with Crippen molar-refractivity contribution in [2.45, 2.75) is 65.4 Å². The Morgan fingerprint density at radius 1 is 1.21 bits per heavy atom. The average Bonchev–Trinajstić information content (AvgIpc) is 2.50. The first-order chi connectivity index (χ1) is 11.1. The summed E-state index contributed by atoms with van der Waals surface area (Å²) in [6, 6.07) is 0. The maximum Gasteiger partial charge on any atom is 0.308 e. The van der Waals surface area contributed by atoms with Gasteiger partial charge in [-0.3, -0.25) is 14.4 Å². The van der Waals surface area contributed by atoms with Gasteiger partial charge in [-0.2, -0.15) is 0 Å². The Morgan fingerprint density at radius 3 is 2.46 bits per heavy atom. The fourth-order valence-corrected chi connectivity index (χ4v) is 2.85. The Hall–Kier alpha value is -1.59. The third-order valence-electron chi connectivity index (χ3n) is 4.03. The number of hydrogen-bond acceptors (Lipinski definition) is 4. The lowest BCUT2D eigenvalue weighted by Crippen LogP contribution is -2.46. The van der Waals surface area contributed by atoms with Crippen LogP contribution < -0.4 is 0 Å². The van der Waals surface area contributed by atoms with Crippen LogP contribution in [0.15, 0.2) is 0 Å². The second kappa shape index (κ2) is 9.04. The van der Waals surface area contributed by atoms with Crippen LogP contribution in [0, 0.1) is 5.92 Å². The number of ether oxygens (including phenoxy) is 1. The number of amides is 2. The molecule has 0 spiro atoms. The molecule has 24 heavy (non-hydrogen) atoms. The van der Waals surface area contributed by atoms with Gasteiger partial charge in [-0.1, -0.05) is 6.92 Å². The van der Waals surface area contributed by atoms with Crippen molar-refractivity contribution in [3.63, 3.8) is 0 Å². The van der Waals surface area contributed by atoms with E-state index in [0.717, 1.165) is 25.8 Å². The number of nitrogens with zero attached hydrogens (tertiary/aromatic N) is 2. The van der Waals surface area contributed by atoms with E-state index in [0.29, 0.717) is 19.5 Å². The summed E-state index contributed by atoms with van der Waals surface area (Å²) < 4.78 is 5.26. The predicted molar refractivity (Wildman–Crippen MR) is 92.3 cm³/mol. The number of rotatable bonds is 6. The Labute approximate surface area is 145 Å². The van der Waals surface area contributed by atoms with Crippen molar-refractivity contribution in [2.24, 2.45) is 5.92 Å². The topological polar surface area (TPSA) is 66.9 Å². The van der Waals surface area contributed by atoms with E-state index in [2.05, 4.69) is 0 Å². The number of carbonyl (C=O) groups excluding carboxylic acids is 3. The van der Waals surface area contributed by atoms with E-state index in [1.54, 1.807) is 16.8 Å². The molecule has 6 nitrogen and oxygen atoms in total. The zero-order chi connectivity index (χ0) is 18.3. The molecule has 0 aromatic rings. The number of esters is 1. The van der Waals surface area contributed by atoms with Gasteiger partial charge in [0.15, 0.2) is 0 Å². The molecule has 1 heterocycles. The van der Waals surface area contributed by atoms with Crippen LogP contribution in [-0.2, 0) is 19.1 Å². The van der Waals surface area contributed by atoms with Crippen molar-refractivity contribution >= 4 is 17.8 Å². The highest BCUT2D eigenvalue weighted by Crippen LogP contribution is 2.20. The molecule has 0 aliphatic carbocycles. The Bertz CT molecular complexity index is 456. The zero-order valence-corrected chi connectivity index (χ0v) is 15.8. The van der Waals surface area contributed by atoms with Crippen LogP contribution in [-0.4, -0.2) is 59.9 Å². The van der Waals surface area contributed by atoms with E-state index in [-0.39, 0.29) is 30.1 Å². The molecule has 0 N–H and O–H groups in total. The van der Waals surface area contributed by atoms with E-state index in [4.69, 9.17) is 4.74 Å². The van der Waals surface area contributed by atoms with Crippen molar-refractivity contribution in [3.8, 4) is 0 Å². The molecule has 1 aliphatic rings. The van der Waals surface area contributed by atoms with Crippen LogP contribution in [0.25, 0.3) is 0 Å². The molecule has 0 bridgehead atoms. The molecule has 138 valence electrons. The largest absolute Gasteiger partial charge is 0.460 e. The fraction of sp³-hybridized carbons (Fsp3) is 0.833. The second-order valence-electron chi connectivity index (χ2n) is 7.53. The van der Waals surface area contributed by atoms with E-state index < -0.39 is 5.60 Å². The van der Waals surface area contributed by atoms with E-state index in [1.165, 1.54) is 0 Å². The molecule has 1 aliphatic heterocycles. The monoisotopic (exact) mass is 340 g/mol. The smallest absolute Gasteiger partial charge is 0.308 e. The fourth-order valence-electron chi connectivity index (χ4n) is 2.85. The van der Waals surface area contributed by atoms with Gasteiger partial charge in [0.25, 0.3) is 0 Å². The third-order valence-corrected chi connectivity index (χ3v) is 4.03. The van der Waals surface area contributed by atoms with Crippen LogP contribution in [0.1, 0.15) is 59.8 Å². The molecular formula is C18H32N2O4. The van der Waals surface area contributed by atoms with Gasteiger partial charge in [-0.25, -0.2) is 0 Å². The van der Waals surface area contributed by atoms with Crippen LogP contribution >= 0.6 is 0 Å². The van der Waals surface area contributed by atoms with Crippen LogP contribution in [0.2, 0.25) is 0 Å². The highest BCUT2D eigenvalue weighted by Gasteiger charge is 2.30.